The van der Waals surface area contributed by atoms with E-state index in [0.717, 1.165) is 32.5 Å². The average Bonchev–Trinajstić information content (AvgIpc) is 2.59. The fourth-order valence-corrected chi connectivity index (χ4v) is 3.82. The first-order valence-corrected chi connectivity index (χ1v) is 9.22. The third-order valence-electron chi connectivity index (χ3n) is 4.81. The van der Waals surface area contributed by atoms with E-state index >= 15 is 0 Å². The number of nitrogens with zero attached hydrogens (tertiary/aromatic N) is 2. The van der Waals surface area contributed by atoms with Crippen LogP contribution in [0, 0.1) is 6.92 Å². The normalized spacial score (nSPS) is 18.0. The zero-order valence-corrected chi connectivity index (χ0v) is 16.4. The highest BCUT2D eigenvalue weighted by molar-refractivity contribution is 9.10. The van der Waals surface area contributed by atoms with E-state index in [1.807, 2.05) is 31.2 Å². The number of fused-ring (bicyclic) bond motifs is 1. The molecule has 2 heterocycles. The van der Waals surface area contributed by atoms with E-state index < -0.39 is 12.5 Å². The molecule has 3 rings (SSSR count). The molecule has 0 spiro atoms. The third kappa shape index (κ3) is 3.89. The zero-order chi connectivity index (χ0) is 18.9. The largest absolute Gasteiger partial charge is 0.399 e. The van der Waals surface area contributed by atoms with Crippen LogP contribution in [0.2, 0.25) is 0 Å². The van der Waals surface area contributed by atoms with Crippen molar-refractivity contribution in [3.05, 3.63) is 57.3 Å². The summed E-state index contributed by atoms with van der Waals surface area (Å²) in [6, 6.07) is 7.20. The Morgan fingerprint density at radius 2 is 2.12 bits per heavy atom. The molecule has 1 aliphatic rings. The van der Waals surface area contributed by atoms with Crippen LogP contribution in [-0.2, 0) is 11.2 Å². The number of nitrogens with two attached hydrogens (primary N) is 1. The second-order valence-electron chi connectivity index (χ2n) is 6.66. The minimum absolute atomic E-state index is 0.339. The number of nitrogen functional groups attached to an aromatic ring is 1. The minimum atomic E-state index is -2.93. The van der Waals surface area contributed by atoms with Crippen molar-refractivity contribution in [1.29, 1.82) is 0 Å². The standard InChI is InChI=1S/C19H22BrF2N3O/c1-12-14-7-8-25(10-19(21,22)11-26-2)18(15(14)4-5-16(12)23)17-6-3-13(20)9-24-17/h3-6,9,18H,7-8,10-11,23H2,1-2H3. The van der Waals surface area contributed by atoms with Crippen molar-refractivity contribution in [3.8, 4) is 0 Å². The van der Waals surface area contributed by atoms with Crippen molar-refractivity contribution >= 4 is 21.6 Å². The van der Waals surface area contributed by atoms with Gasteiger partial charge in [-0.3, -0.25) is 9.88 Å². The van der Waals surface area contributed by atoms with Crippen molar-refractivity contribution in [2.24, 2.45) is 0 Å². The van der Waals surface area contributed by atoms with Crippen LogP contribution < -0.4 is 5.73 Å². The number of methoxy groups -OCH3 is 1. The van der Waals surface area contributed by atoms with Gasteiger partial charge in [0, 0.05) is 30.0 Å². The smallest absolute Gasteiger partial charge is 0.283 e. The third-order valence-corrected chi connectivity index (χ3v) is 5.27. The number of hydrogen-bond acceptors (Lipinski definition) is 4. The van der Waals surface area contributed by atoms with Gasteiger partial charge in [-0.1, -0.05) is 6.07 Å². The summed E-state index contributed by atoms with van der Waals surface area (Å²) >= 11 is 3.38. The van der Waals surface area contributed by atoms with Crippen molar-refractivity contribution in [2.75, 3.05) is 32.5 Å². The Morgan fingerprint density at radius 1 is 1.35 bits per heavy atom. The Hall–Kier alpha value is -1.57. The van der Waals surface area contributed by atoms with Gasteiger partial charge in [0.2, 0.25) is 0 Å². The summed E-state index contributed by atoms with van der Waals surface area (Å²) in [4.78, 5) is 6.27. The molecule has 4 nitrogen and oxygen atoms in total. The van der Waals surface area contributed by atoms with Gasteiger partial charge in [0.1, 0.15) is 6.61 Å². The van der Waals surface area contributed by atoms with Crippen LogP contribution in [0.15, 0.2) is 34.9 Å². The van der Waals surface area contributed by atoms with Gasteiger partial charge in [0.05, 0.1) is 18.3 Å². The monoisotopic (exact) mass is 425 g/mol. The van der Waals surface area contributed by atoms with Crippen LogP contribution >= 0.6 is 15.9 Å². The number of ether oxygens (including phenoxy) is 1. The molecule has 7 heteroatoms. The number of alkyl halides is 2. The Kier molecular flexibility index (Phi) is 5.60. The topological polar surface area (TPSA) is 51.4 Å². The van der Waals surface area contributed by atoms with E-state index in [9.17, 15) is 8.78 Å². The number of rotatable bonds is 5. The first-order valence-electron chi connectivity index (χ1n) is 8.42. The van der Waals surface area contributed by atoms with Gasteiger partial charge in [0.15, 0.2) is 0 Å². The molecule has 0 bridgehead atoms. The maximum absolute atomic E-state index is 14.3. The number of pyridine rings is 1. The summed E-state index contributed by atoms with van der Waals surface area (Å²) < 4.78 is 34.1. The molecule has 1 atom stereocenters. The number of hydrogen-bond donors (Lipinski definition) is 1. The van der Waals surface area contributed by atoms with E-state index in [1.54, 1.807) is 11.1 Å². The molecule has 0 saturated carbocycles. The quantitative estimate of drug-likeness (QED) is 0.736. The highest BCUT2D eigenvalue weighted by Gasteiger charge is 2.38. The minimum Gasteiger partial charge on any atom is -0.399 e. The van der Waals surface area contributed by atoms with E-state index in [2.05, 4.69) is 20.9 Å². The van der Waals surface area contributed by atoms with E-state index in [1.165, 1.54) is 7.11 Å². The van der Waals surface area contributed by atoms with Crippen LogP contribution in [0.3, 0.4) is 0 Å². The van der Waals surface area contributed by atoms with E-state index in [-0.39, 0.29) is 12.6 Å². The molecule has 140 valence electrons. The lowest BCUT2D eigenvalue weighted by Crippen LogP contribution is -2.45. The number of benzene rings is 1. The number of anilines is 1. The molecule has 1 unspecified atom stereocenters. The summed E-state index contributed by atoms with van der Waals surface area (Å²) in [7, 11) is 1.29. The maximum atomic E-state index is 14.3. The lowest BCUT2D eigenvalue weighted by atomic mass is 9.86. The fourth-order valence-electron chi connectivity index (χ4n) is 3.58. The van der Waals surface area contributed by atoms with Crippen molar-refractivity contribution in [2.45, 2.75) is 25.3 Å². The van der Waals surface area contributed by atoms with Gasteiger partial charge >= 0.3 is 0 Å². The lowest BCUT2D eigenvalue weighted by Gasteiger charge is -2.39. The Morgan fingerprint density at radius 3 is 2.77 bits per heavy atom. The van der Waals surface area contributed by atoms with Gasteiger partial charge in [0.25, 0.3) is 5.92 Å². The predicted octanol–water partition coefficient (Wildman–Crippen LogP) is 3.96. The summed E-state index contributed by atoms with van der Waals surface area (Å²) in [6.07, 6.45) is 2.38. The summed E-state index contributed by atoms with van der Waals surface area (Å²) in [5.41, 5.74) is 10.7. The Labute approximate surface area is 160 Å². The van der Waals surface area contributed by atoms with Gasteiger partial charge < -0.3 is 10.5 Å². The molecule has 1 aromatic carbocycles. The number of aromatic nitrogens is 1. The zero-order valence-electron chi connectivity index (χ0n) is 14.8. The number of halogens is 3. The molecule has 1 aliphatic heterocycles. The molecule has 0 fully saturated rings. The molecular weight excluding hydrogens is 404 g/mol. The molecule has 2 aromatic rings. The van der Waals surface area contributed by atoms with Crippen molar-refractivity contribution < 1.29 is 13.5 Å². The van der Waals surface area contributed by atoms with E-state index in [4.69, 9.17) is 10.5 Å². The van der Waals surface area contributed by atoms with Gasteiger partial charge in [-0.05, 0) is 64.2 Å². The molecule has 0 amide bonds. The van der Waals surface area contributed by atoms with Crippen LogP contribution in [-0.4, -0.2) is 42.6 Å². The molecule has 0 aliphatic carbocycles. The Balaban J connectivity index is 2.04. The van der Waals surface area contributed by atoms with Gasteiger partial charge in [-0.2, -0.15) is 0 Å². The molecule has 2 N–H and O–H groups in total. The summed E-state index contributed by atoms with van der Waals surface area (Å²) in [5, 5.41) is 0. The van der Waals surface area contributed by atoms with Crippen molar-refractivity contribution in [1.82, 2.24) is 9.88 Å². The molecule has 1 aromatic heterocycles. The van der Waals surface area contributed by atoms with Crippen LogP contribution in [0.25, 0.3) is 0 Å². The first kappa shape index (κ1) is 19.2. The molecule has 0 saturated heterocycles. The highest BCUT2D eigenvalue weighted by Crippen LogP contribution is 2.38. The summed E-state index contributed by atoms with van der Waals surface area (Å²) in [5.74, 6) is -2.93. The van der Waals surface area contributed by atoms with Crippen LogP contribution in [0.5, 0.6) is 0 Å². The van der Waals surface area contributed by atoms with Crippen molar-refractivity contribution in [3.63, 3.8) is 0 Å². The predicted molar refractivity (Wildman–Crippen MR) is 101 cm³/mol. The molecule has 0 radical (unpaired) electrons. The van der Waals surface area contributed by atoms with Crippen LogP contribution in [0.1, 0.15) is 28.4 Å². The van der Waals surface area contributed by atoms with Crippen LogP contribution in [0.4, 0.5) is 14.5 Å². The average molecular weight is 426 g/mol. The Bertz CT molecular complexity index is 783. The second kappa shape index (κ2) is 7.58. The molecule has 26 heavy (non-hydrogen) atoms. The highest BCUT2D eigenvalue weighted by atomic mass is 79.9. The van der Waals surface area contributed by atoms with Gasteiger partial charge in [-0.25, -0.2) is 8.78 Å². The fraction of sp³-hybridized carbons (Fsp3) is 0.421. The van der Waals surface area contributed by atoms with Gasteiger partial charge in [-0.15, -0.1) is 0 Å². The maximum Gasteiger partial charge on any atom is 0.283 e. The summed E-state index contributed by atoms with van der Waals surface area (Å²) in [6.45, 7) is 1.51. The SMILES string of the molecule is COCC(F)(F)CN1CCc2c(ccc(N)c2C)C1c1ccc(Br)cn1. The molecular formula is C19H22BrF2N3O. The van der Waals surface area contributed by atoms with E-state index in [0.29, 0.717) is 13.0 Å². The first-order chi connectivity index (χ1) is 12.3. The lowest BCUT2D eigenvalue weighted by molar-refractivity contribution is -0.0895. The second-order valence-corrected chi connectivity index (χ2v) is 7.58.